The maximum absolute atomic E-state index is 12.1. The Balaban J connectivity index is 1.38. The van der Waals surface area contributed by atoms with Gasteiger partial charge < -0.3 is 9.15 Å². The second-order valence-electron chi connectivity index (χ2n) is 5.74. The van der Waals surface area contributed by atoms with E-state index in [1.54, 1.807) is 35.6 Å². The maximum Gasteiger partial charge on any atom is 0.336 e. The quantitative estimate of drug-likeness (QED) is 0.507. The van der Waals surface area contributed by atoms with Crippen LogP contribution in [-0.4, -0.2) is 17.5 Å². The van der Waals surface area contributed by atoms with Gasteiger partial charge >= 0.3 is 5.63 Å². The van der Waals surface area contributed by atoms with Gasteiger partial charge in [-0.25, -0.2) is 9.78 Å². The summed E-state index contributed by atoms with van der Waals surface area (Å²) in [7, 11) is 0. The molecule has 0 atom stereocenters. The van der Waals surface area contributed by atoms with E-state index < -0.39 is 5.63 Å². The van der Waals surface area contributed by atoms with Crippen LogP contribution in [0.1, 0.15) is 4.88 Å². The summed E-state index contributed by atoms with van der Waals surface area (Å²) < 4.78 is 10.6. The van der Waals surface area contributed by atoms with E-state index in [2.05, 4.69) is 10.3 Å². The third-order valence-electron chi connectivity index (χ3n) is 3.71. The summed E-state index contributed by atoms with van der Waals surface area (Å²) in [6.07, 6.45) is 0. The van der Waals surface area contributed by atoms with Gasteiger partial charge in [0.15, 0.2) is 11.7 Å². The number of hydrogen-bond acceptors (Lipinski definition) is 7. The Morgan fingerprint density at radius 3 is 2.89 bits per heavy atom. The summed E-state index contributed by atoms with van der Waals surface area (Å²) in [4.78, 5) is 30.1. The van der Waals surface area contributed by atoms with Gasteiger partial charge in [-0.15, -0.1) is 22.7 Å². The molecule has 27 heavy (non-hydrogen) atoms. The van der Waals surface area contributed by atoms with Crippen molar-refractivity contribution in [3.63, 3.8) is 0 Å². The molecule has 0 saturated carbocycles. The fraction of sp³-hybridized carbons (Fsp3) is 0.105. The molecule has 4 rings (SSSR count). The molecule has 0 aliphatic carbocycles. The molecular weight excluding hydrogens is 384 g/mol. The van der Waals surface area contributed by atoms with Crippen LogP contribution in [0.2, 0.25) is 0 Å². The first kappa shape index (κ1) is 17.4. The van der Waals surface area contributed by atoms with Gasteiger partial charge in [0.25, 0.3) is 5.91 Å². The van der Waals surface area contributed by atoms with Crippen molar-refractivity contribution in [1.29, 1.82) is 0 Å². The molecule has 0 unspecified atom stereocenters. The minimum absolute atomic E-state index is 0.171. The van der Waals surface area contributed by atoms with Gasteiger partial charge in [0.05, 0.1) is 10.6 Å². The van der Waals surface area contributed by atoms with Crippen molar-refractivity contribution in [2.24, 2.45) is 0 Å². The standard InChI is InChI=1S/C19H14N2O4S2/c1-11-2-6-16(27-11)14-10-26-19(20-14)21-17(22)9-24-13-5-3-12-4-7-18(23)25-15(12)8-13/h2-8,10H,9H2,1H3,(H,20,21,22). The molecule has 0 saturated heterocycles. The minimum atomic E-state index is -0.432. The number of thiazole rings is 1. The number of thiophene rings is 1. The third-order valence-corrected chi connectivity index (χ3v) is 5.49. The van der Waals surface area contributed by atoms with Gasteiger partial charge in [0.2, 0.25) is 0 Å². The van der Waals surface area contributed by atoms with Gasteiger partial charge in [-0.05, 0) is 37.3 Å². The smallest absolute Gasteiger partial charge is 0.336 e. The number of aromatic nitrogens is 1. The zero-order valence-electron chi connectivity index (χ0n) is 14.2. The highest BCUT2D eigenvalue weighted by Crippen LogP contribution is 2.30. The van der Waals surface area contributed by atoms with E-state index in [0.29, 0.717) is 16.5 Å². The highest BCUT2D eigenvalue weighted by molar-refractivity contribution is 7.17. The van der Waals surface area contributed by atoms with Gasteiger partial charge in [-0.2, -0.15) is 0 Å². The van der Waals surface area contributed by atoms with Crippen molar-refractivity contribution in [2.45, 2.75) is 6.92 Å². The van der Waals surface area contributed by atoms with E-state index in [1.165, 1.54) is 22.3 Å². The van der Waals surface area contributed by atoms with Crippen LogP contribution >= 0.6 is 22.7 Å². The van der Waals surface area contributed by atoms with Crippen molar-refractivity contribution in [3.05, 3.63) is 63.1 Å². The summed E-state index contributed by atoms with van der Waals surface area (Å²) in [5, 5.41) is 5.95. The van der Waals surface area contributed by atoms with Crippen molar-refractivity contribution in [2.75, 3.05) is 11.9 Å². The molecule has 0 aliphatic heterocycles. The minimum Gasteiger partial charge on any atom is -0.484 e. The molecule has 4 aromatic rings. The third kappa shape index (κ3) is 4.07. The number of nitrogens with one attached hydrogen (secondary N) is 1. The summed E-state index contributed by atoms with van der Waals surface area (Å²) in [6.45, 7) is 1.87. The Hall–Kier alpha value is -2.97. The molecule has 1 N–H and O–H groups in total. The number of carbonyl (C=O) groups excluding carboxylic acids is 1. The number of nitrogens with zero attached hydrogens (tertiary/aromatic N) is 1. The fourth-order valence-corrected chi connectivity index (χ4v) is 4.08. The Kier molecular flexibility index (Phi) is 4.74. The van der Waals surface area contributed by atoms with Gasteiger partial charge in [0.1, 0.15) is 11.3 Å². The predicted molar refractivity (Wildman–Crippen MR) is 107 cm³/mol. The van der Waals surface area contributed by atoms with E-state index >= 15 is 0 Å². The molecule has 3 heterocycles. The van der Waals surface area contributed by atoms with E-state index in [4.69, 9.17) is 9.15 Å². The van der Waals surface area contributed by atoms with Crippen molar-refractivity contribution in [1.82, 2.24) is 4.98 Å². The van der Waals surface area contributed by atoms with Crippen LogP contribution in [0.4, 0.5) is 5.13 Å². The molecule has 8 heteroatoms. The predicted octanol–water partition coefficient (Wildman–Crippen LogP) is 4.30. The van der Waals surface area contributed by atoms with Gasteiger partial charge in [0, 0.05) is 27.8 Å². The number of hydrogen-bond donors (Lipinski definition) is 1. The zero-order chi connectivity index (χ0) is 18.8. The van der Waals surface area contributed by atoms with Crippen molar-refractivity contribution in [3.8, 4) is 16.3 Å². The molecule has 6 nitrogen and oxygen atoms in total. The number of amides is 1. The zero-order valence-corrected chi connectivity index (χ0v) is 15.9. The average molecular weight is 398 g/mol. The molecule has 1 amide bonds. The van der Waals surface area contributed by atoms with Crippen LogP contribution in [0, 0.1) is 6.92 Å². The molecule has 0 aliphatic rings. The van der Waals surface area contributed by atoms with Crippen LogP contribution in [0.15, 0.2) is 57.1 Å². The SMILES string of the molecule is Cc1ccc(-c2csc(NC(=O)COc3ccc4ccc(=O)oc4c3)n2)s1. The van der Waals surface area contributed by atoms with Crippen LogP contribution < -0.4 is 15.7 Å². The van der Waals surface area contributed by atoms with Crippen molar-refractivity contribution >= 4 is 44.7 Å². The molecular formula is C19H14N2O4S2. The van der Waals surface area contributed by atoms with E-state index in [1.807, 2.05) is 24.4 Å². The molecule has 0 fully saturated rings. The second-order valence-corrected chi connectivity index (χ2v) is 7.89. The van der Waals surface area contributed by atoms with Crippen LogP contribution in [0.3, 0.4) is 0 Å². The lowest BCUT2D eigenvalue weighted by molar-refractivity contribution is -0.118. The Bertz CT molecular complexity index is 1180. The number of fused-ring (bicyclic) bond motifs is 1. The van der Waals surface area contributed by atoms with Crippen molar-refractivity contribution < 1.29 is 13.9 Å². The monoisotopic (exact) mass is 398 g/mol. The fourth-order valence-electron chi connectivity index (χ4n) is 2.45. The number of aryl methyl sites for hydroxylation is 1. The number of carbonyl (C=O) groups is 1. The molecule has 0 bridgehead atoms. The van der Waals surface area contributed by atoms with Gasteiger partial charge in [-0.3, -0.25) is 10.1 Å². The Labute approximate surface area is 162 Å². The lowest BCUT2D eigenvalue weighted by Gasteiger charge is -2.06. The topological polar surface area (TPSA) is 81.4 Å². The van der Waals surface area contributed by atoms with Crippen LogP contribution in [0.5, 0.6) is 5.75 Å². The number of ether oxygens (including phenoxy) is 1. The first-order valence-electron chi connectivity index (χ1n) is 8.06. The highest BCUT2D eigenvalue weighted by atomic mass is 32.1. The Morgan fingerprint density at radius 1 is 1.22 bits per heavy atom. The van der Waals surface area contributed by atoms with Gasteiger partial charge in [-0.1, -0.05) is 0 Å². The van der Waals surface area contributed by atoms with E-state index in [0.717, 1.165) is 16.0 Å². The molecule has 0 radical (unpaired) electrons. The molecule has 3 aromatic heterocycles. The van der Waals surface area contributed by atoms with E-state index in [9.17, 15) is 9.59 Å². The summed E-state index contributed by atoms with van der Waals surface area (Å²) in [6, 6.07) is 12.2. The lowest BCUT2D eigenvalue weighted by Crippen LogP contribution is -2.20. The normalized spacial score (nSPS) is 10.9. The molecule has 136 valence electrons. The highest BCUT2D eigenvalue weighted by Gasteiger charge is 2.10. The summed E-state index contributed by atoms with van der Waals surface area (Å²) >= 11 is 3.02. The molecule has 0 spiro atoms. The lowest BCUT2D eigenvalue weighted by atomic mass is 10.2. The Morgan fingerprint density at radius 2 is 2.07 bits per heavy atom. The second kappa shape index (κ2) is 7.34. The van der Waals surface area contributed by atoms with E-state index in [-0.39, 0.29) is 12.5 Å². The van der Waals surface area contributed by atoms with Crippen LogP contribution in [-0.2, 0) is 4.79 Å². The van der Waals surface area contributed by atoms with Crippen LogP contribution in [0.25, 0.3) is 21.5 Å². The summed E-state index contributed by atoms with van der Waals surface area (Å²) in [5.74, 6) is 0.133. The maximum atomic E-state index is 12.1. The first-order chi connectivity index (χ1) is 13.1. The largest absolute Gasteiger partial charge is 0.484 e. The summed E-state index contributed by atoms with van der Waals surface area (Å²) in [5.41, 5.74) is 0.827. The molecule has 1 aromatic carbocycles. The number of anilines is 1. The number of rotatable bonds is 5. The first-order valence-corrected chi connectivity index (χ1v) is 9.75. The average Bonchev–Trinajstić information content (AvgIpc) is 3.28. The number of benzene rings is 1.